The number of methoxy groups -OCH3 is 1. The van der Waals surface area contributed by atoms with Gasteiger partial charge in [0, 0.05) is 4.90 Å². The molecule has 64 valence electrons. The van der Waals surface area contributed by atoms with E-state index in [4.69, 9.17) is 10.5 Å². The van der Waals surface area contributed by atoms with Crippen LogP contribution in [0.4, 0.5) is 4.79 Å². The van der Waals surface area contributed by atoms with Crippen molar-refractivity contribution in [3.05, 3.63) is 24.3 Å². The van der Waals surface area contributed by atoms with E-state index in [2.05, 4.69) is 0 Å². The van der Waals surface area contributed by atoms with Gasteiger partial charge in [0.05, 0.1) is 7.11 Å². The van der Waals surface area contributed by atoms with Crippen LogP contribution in [0.15, 0.2) is 29.2 Å². The maximum atomic E-state index is 10.5. The van der Waals surface area contributed by atoms with Crippen LogP contribution in [0.3, 0.4) is 0 Å². The molecule has 0 aromatic heterocycles. The van der Waals surface area contributed by atoms with E-state index in [0.29, 0.717) is 0 Å². The third-order valence-corrected chi connectivity index (χ3v) is 1.99. The molecule has 0 radical (unpaired) electrons. The van der Waals surface area contributed by atoms with Crippen LogP contribution in [0.25, 0.3) is 0 Å². The summed E-state index contributed by atoms with van der Waals surface area (Å²) in [7, 11) is 1.59. The van der Waals surface area contributed by atoms with Gasteiger partial charge in [-0.05, 0) is 36.0 Å². The molecule has 0 aliphatic rings. The van der Waals surface area contributed by atoms with Gasteiger partial charge in [-0.2, -0.15) is 0 Å². The van der Waals surface area contributed by atoms with Crippen molar-refractivity contribution >= 4 is 17.0 Å². The zero-order chi connectivity index (χ0) is 8.97. The SMILES string of the molecule is COc1ccc(SC(N)=O)cc1. The van der Waals surface area contributed by atoms with Crippen molar-refractivity contribution in [3.63, 3.8) is 0 Å². The Balaban J connectivity index is 2.71. The van der Waals surface area contributed by atoms with E-state index in [-0.39, 0.29) is 0 Å². The number of carbonyl (C=O) groups is 1. The average Bonchev–Trinajstić information content (AvgIpc) is 2.05. The van der Waals surface area contributed by atoms with Crippen LogP contribution in [0.5, 0.6) is 5.75 Å². The molecule has 0 saturated heterocycles. The minimum atomic E-state index is -0.403. The van der Waals surface area contributed by atoms with E-state index in [9.17, 15) is 4.79 Å². The first-order chi connectivity index (χ1) is 5.72. The molecule has 0 atom stereocenters. The Kier molecular flexibility index (Phi) is 2.99. The summed E-state index contributed by atoms with van der Waals surface area (Å²) in [6.45, 7) is 0. The first-order valence-electron chi connectivity index (χ1n) is 3.33. The number of carbonyl (C=O) groups excluding carboxylic acids is 1. The van der Waals surface area contributed by atoms with Gasteiger partial charge in [0.1, 0.15) is 5.75 Å². The van der Waals surface area contributed by atoms with E-state index in [0.717, 1.165) is 22.4 Å². The molecule has 0 unspecified atom stereocenters. The lowest BCUT2D eigenvalue weighted by Gasteiger charge is -1.99. The van der Waals surface area contributed by atoms with Crippen molar-refractivity contribution in [1.82, 2.24) is 0 Å². The van der Waals surface area contributed by atoms with Crippen LogP contribution < -0.4 is 10.5 Å². The van der Waals surface area contributed by atoms with Crippen molar-refractivity contribution < 1.29 is 9.53 Å². The van der Waals surface area contributed by atoms with Crippen LogP contribution >= 0.6 is 11.8 Å². The molecule has 0 saturated carbocycles. The highest BCUT2D eigenvalue weighted by atomic mass is 32.2. The van der Waals surface area contributed by atoms with Crippen molar-refractivity contribution in [2.75, 3.05) is 7.11 Å². The smallest absolute Gasteiger partial charge is 0.281 e. The fourth-order valence-corrected chi connectivity index (χ4v) is 1.26. The third-order valence-electron chi connectivity index (χ3n) is 1.28. The van der Waals surface area contributed by atoms with E-state index < -0.39 is 5.24 Å². The first kappa shape index (κ1) is 8.93. The Hall–Kier alpha value is -1.16. The Morgan fingerprint density at radius 1 is 1.42 bits per heavy atom. The molecule has 0 aliphatic heterocycles. The normalized spacial score (nSPS) is 9.42. The lowest BCUT2D eigenvalue weighted by molar-refractivity contribution is 0.267. The summed E-state index contributed by atoms with van der Waals surface area (Å²) in [5.74, 6) is 0.767. The molecule has 1 rings (SSSR count). The molecule has 0 fully saturated rings. The number of hydrogen-bond acceptors (Lipinski definition) is 3. The summed E-state index contributed by atoms with van der Waals surface area (Å²) in [5, 5.41) is -0.403. The maximum absolute atomic E-state index is 10.5. The second kappa shape index (κ2) is 4.01. The number of benzene rings is 1. The van der Waals surface area contributed by atoms with Crippen molar-refractivity contribution in [2.24, 2.45) is 5.73 Å². The van der Waals surface area contributed by atoms with Gasteiger partial charge in [-0.1, -0.05) is 0 Å². The zero-order valence-corrected chi connectivity index (χ0v) is 7.43. The van der Waals surface area contributed by atoms with Crippen molar-refractivity contribution in [3.8, 4) is 5.75 Å². The number of thioether (sulfide) groups is 1. The molecule has 1 amide bonds. The van der Waals surface area contributed by atoms with Gasteiger partial charge >= 0.3 is 0 Å². The molecule has 1 aromatic carbocycles. The molecule has 0 spiro atoms. The maximum Gasteiger partial charge on any atom is 0.281 e. The quantitative estimate of drug-likeness (QED) is 0.712. The summed E-state index contributed by atoms with van der Waals surface area (Å²) < 4.78 is 4.95. The highest BCUT2D eigenvalue weighted by Crippen LogP contribution is 2.20. The standard InChI is InChI=1S/C8H9NO2S/c1-11-6-2-4-7(5-3-6)12-8(9)10/h2-5H,1H3,(H2,9,10). The molecular formula is C8H9NO2S. The van der Waals surface area contributed by atoms with Crippen molar-refractivity contribution in [2.45, 2.75) is 4.90 Å². The van der Waals surface area contributed by atoms with Crippen LogP contribution in [0.1, 0.15) is 0 Å². The van der Waals surface area contributed by atoms with E-state index in [1.54, 1.807) is 31.4 Å². The topological polar surface area (TPSA) is 52.3 Å². The van der Waals surface area contributed by atoms with Crippen LogP contribution in [0.2, 0.25) is 0 Å². The van der Waals surface area contributed by atoms with E-state index in [1.807, 2.05) is 0 Å². The molecule has 0 aliphatic carbocycles. The summed E-state index contributed by atoms with van der Waals surface area (Å²) in [6, 6.07) is 7.14. The van der Waals surface area contributed by atoms with Gasteiger partial charge in [-0.3, -0.25) is 4.79 Å². The molecule has 12 heavy (non-hydrogen) atoms. The van der Waals surface area contributed by atoms with Crippen LogP contribution in [-0.4, -0.2) is 12.3 Å². The number of amides is 1. The molecule has 3 nitrogen and oxygen atoms in total. The second-order valence-electron chi connectivity index (χ2n) is 2.10. The Labute approximate surface area is 74.9 Å². The van der Waals surface area contributed by atoms with Crippen molar-refractivity contribution in [1.29, 1.82) is 0 Å². The lowest BCUT2D eigenvalue weighted by Crippen LogP contribution is -2.01. The summed E-state index contributed by atoms with van der Waals surface area (Å²) in [4.78, 5) is 11.3. The van der Waals surface area contributed by atoms with Gasteiger partial charge in [0.15, 0.2) is 0 Å². The highest BCUT2D eigenvalue weighted by Gasteiger charge is 1.98. The monoisotopic (exact) mass is 183 g/mol. The molecule has 4 heteroatoms. The Bertz CT molecular complexity index is 271. The second-order valence-corrected chi connectivity index (χ2v) is 3.17. The first-order valence-corrected chi connectivity index (χ1v) is 4.15. The number of primary amides is 1. The average molecular weight is 183 g/mol. The Morgan fingerprint density at radius 2 is 2.00 bits per heavy atom. The fourth-order valence-electron chi connectivity index (χ4n) is 0.760. The molecule has 1 aromatic rings. The van der Waals surface area contributed by atoms with Gasteiger partial charge < -0.3 is 10.5 Å². The predicted molar refractivity (Wildman–Crippen MR) is 48.4 cm³/mol. The Morgan fingerprint density at radius 3 is 2.42 bits per heavy atom. The minimum absolute atomic E-state index is 0.403. The summed E-state index contributed by atoms with van der Waals surface area (Å²) in [5.41, 5.74) is 4.99. The summed E-state index contributed by atoms with van der Waals surface area (Å²) >= 11 is 1.00. The molecule has 0 bridgehead atoms. The summed E-state index contributed by atoms with van der Waals surface area (Å²) in [6.07, 6.45) is 0. The van der Waals surface area contributed by atoms with Gasteiger partial charge in [0.2, 0.25) is 0 Å². The van der Waals surface area contributed by atoms with Crippen LogP contribution in [0, 0.1) is 0 Å². The number of ether oxygens (including phenoxy) is 1. The number of nitrogens with two attached hydrogens (primary N) is 1. The van der Waals surface area contributed by atoms with Crippen LogP contribution in [-0.2, 0) is 0 Å². The van der Waals surface area contributed by atoms with Gasteiger partial charge in [-0.15, -0.1) is 0 Å². The lowest BCUT2D eigenvalue weighted by atomic mass is 10.3. The highest BCUT2D eigenvalue weighted by molar-refractivity contribution is 8.13. The third kappa shape index (κ3) is 2.47. The number of rotatable bonds is 2. The predicted octanol–water partition coefficient (Wildman–Crippen LogP) is 1.87. The zero-order valence-electron chi connectivity index (χ0n) is 6.61. The largest absolute Gasteiger partial charge is 0.497 e. The molecule has 0 heterocycles. The number of hydrogen-bond donors (Lipinski definition) is 1. The molecular weight excluding hydrogens is 174 g/mol. The minimum Gasteiger partial charge on any atom is -0.497 e. The van der Waals surface area contributed by atoms with E-state index >= 15 is 0 Å². The molecule has 2 N–H and O–H groups in total. The fraction of sp³-hybridized carbons (Fsp3) is 0.125. The van der Waals surface area contributed by atoms with E-state index in [1.165, 1.54) is 0 Å². The van der Waals surface area contributed by atoms with Gasteiger partial charge in [-0.25, -0.2) is 0 Å². The van der Waals surface area contributed by atoms with Gasteiger partial charge in [0.25, 0.3) is 5.24 Å².